The van der Waals surface area contributed by atoms with Gasteiger partial charge in [0.15, 0.2) is 5.78 Å². The van der Waals surface area contributed by atoms with Crippen LogP contribution in [0.5, 0.6) is 0 Å². The molecule has 5 aliphatic carbocycles. The summed E-state index contributed by atoms with van der Waals surface area (Å²) < 4.78 is 0. The lowest BCUT2D eigenvalue weighted by Gasteiger charge is -2.65. The molecule has 0 radical (unpaired) electrons. The Balaban J connectivity index is 1.42. The van der Waals surface area contributed by atoms with Crippen molar-refractivity contribution in [1.29, 1.82) is 0 Å². The Labute approximate surface area is 217 Å². The molecule has 6 heteroatoms. The number of carboxylic acids is 1. The molecule has 0 spiro atoms. The summed E-state index contributed by atoms with van der Waals surface area (Å²) in [5, 5.41) is 13.5. The minimum atomic E-state index is -0.656. The van der Waals surface area contributed by atoms with Crippen LogP contribution in [0.3, 0.4) is 0 Å². The maximum absolute atomic E-state index is 14.1. The Morgan fingerprint density at radius 1 is 1.03 bits per heavy atom. The van der Waals surface area contributed by atoms with Crippen LogP contribution in [0.4, 0.5) is 0 Å². The van der Waals surface area contributed by atoms with Crippen LogP contribution in [-0.4, -0.2) is 43.1 Å². The van der Waals surface area contributed by atoms with Gasteiger partial charge >= 0.3 is 5.97 Å². The fourth-order valence-electron chi connectivity index (χ4n) is 10.3. The first-order chi connectivity index (χ1) is 17.0. The van der Waals surface area contributed by atoms with E-state index in [1.165, 1.54) is 18.4 Å². The van der Waals surface area contributed by atoms with Gasteiger partial charge in [0.25, 0.3) is 0 Å². The number of hydrogen-bond donors (Lipinski definition) is 3. The van der Waals surface area contributed by atoms with Crippen LogP contribution in [0, 0.1) is 51.8 Å². The van der Waals surface area contributed by atoms with Crippen LogP contribution in [0.2, 0.25) is 0 Å². The van der Waals surface area contributed by atoms with Crippen molar-refractivity contribution >= 4 is 11.8 Å². The molecule has 36 heavy (non-hydrogen) atoms. The van der Waals surface area contributed by atoms with Gasteiger partial charge in [0.05, 0.1) is 13.0 Å². The van der Waals surface area contributed by atoms with Crippen molar-refractivity contribution in [3.63, 3.8) is 0 Å². The molecule has 0 aromatic carbocycles. The number of allylic oxidation sites excluding steroid dienone is 2. The normalized spacial score (nSPS) is 48.2. The van der Waals surface area contributed by atoms with Gasteiger partial charge in [-0.25, -0.2) is 5.48 Å². The minimum Gasteiger partial charge on any atom is -0.481 e. The van der Waals surface area contributed by atoms with E-state index in [2.05, 4.69) is 44.6 Å². The molecule has 6 nitrogen and oxygen atoms in total. The number of fused-ring (bicyclic) bond motifs is 7. The molecular weight excluding hydrogens is 452 g/mol. The van der Waals surface area contributed by atoms with E-state index in [4.69, 9.17) is 4.84 Å². The second-order valence-electron chi connectivity index (χ2n) is 13.8. The van der Waals surface area contributed by atoms with Crippen LogP contribution in [0.25, 0.3) is 0 Å². The van der Waals surface area contributed by atoms with Gasteiger partial charge in [-0.1, -0.05) is 33.3 Å². The van der Waals surface area contributed by atoms with Crippen molar-refractivity contribution < 1.29 is 19.5 Å². The van der Waals surface area contributed by atoms with E-state index in [1.807, 2.05) is 0 Å². The molecule has 4 saturated carbocycles. The molecule has 5 aliphatic rings. The first-order valence-corrected chi connectivity index (χ1v) is 14.5. The Morgan fingerprint density at radius 3 is 2.47 bits per heavy atom. The van der Waals surface area contributed by atoms with E-state index in [0.29, 0.717) is 36.0 Å². The lowest BCUT2D eigenvalue weighted by molar-refractivity contribution is -0.161. The number of carboxylic acid groups (broad SMARTS) is 1. The largest absolute Gasteiger partial charge is 0.481 e. The average molecular weight is 501 g/mol. The number of rotatable bonds is 6. The lowest BCUT2D eigenvalue weighted by Crippen LogP contribution is -2.63. The zero-order valence-corrected chi connectivity index (χ0v) is 23.1. The van der Waals surface area contributed by atoms with Crippen LogP contribution in [0.1, 0.15) is 85.5 Å². The molecule has 0 heterocycles. The third kappa shape index (κ3) is 4.01. The first-order valence-electron chi connectivity index (χ1n) is 14.5. The van der Waals surface area contributed by atoms with E-state index in [1.54, 1.807) is 7.11 Å². The number of ketones is 1. The van der Waals surface area contributed by atoms with Crippen LogP contribution in [0.15, 0.2) is 11.6 Å². The Bertz CT molecular complexity index is 919. The van der Waals surface area contributed by atoms with Crippen LogP contribution < -0.4 is 10.8 Å². The van der Waals surface area contributed by atoms with Gasteiger partial charge in [-0.15, -0.1) is 0 Å². The molecule has 4 fully saturated rings. The predicted molar refractivity (Wildman–Crippen MR) is 140 cm³/mol. The third-order valence-corrected chi connectivity index (χ3v) is 12.2. The van der Waals surface area contributed by atoms with E-state index in [0.717, 1.165) is 51.6 Å². The van der Waals surface area contributed by atoms with E-state index in [-0.39, 0.29) is 34.0 Å². The summed E-state index contributed by atoms with van der Waals surface area (Å²) in [6.07, 6.45) is 11.4. The topological polar surface area (TPSA) is 87.7 Å². The van der Waals surface area contributed by atoms with Crippen molar-refractivity contribution in [3.8, 4) is 0 Å². The van der Waals surface area contributed by atoms with Crippen molar-refractivity contribution in [2.75, 3.05) is 20.2 Å². The fourth-order valence-corrected chi connectivity index (χ4v) is 10.3. The van der Waals surface area contributed by atoms with E-state index < -0.39 is 5.97 Å². The fraction of sp³-hybridized carbons (Fsp3) is 0.867. The molecule has 10 unspecified atom stereocenters. The summed E-state index contributed by atoms with van der Waals surface area (Å²) in [6, 6.07) is 0.487. The zero-order chi connectivity index (χ0) is 25.9. The molecule has 0 aliphatic heterocycles. The number of hydroxylamine groups is 1. The van der Waals surface area contributed by atoms with Crippen molar-refractivity contribution in [2.24, 2.45) is 51.8 Å². The molecular formula is C30H48N2O4. The number of hydrogen-bond acceptors (Lipinski definition) is 5. The molecule has 0 saturated heterocycles. The lowest BCUT2D eigenvalue weighted by atomic mass is 9.38. The summed E-state index contributed by atoms with van der Waals surface area (Å²) in [5.74, 6) is 1.28. The van der Waals surface area contributed by atoms with Gasteiger partial charge in [0.2, 0.25) is 0 Å². The number of nitrogens with one attached hydrogen (secondary N) is 2. The molecule has 5 rings (SSSR count). The molecule has 0 aromatic heterocycles. The van der Waals surface area contributed by atoms with Gasteiger partial charge in [-0.05, 0) is 104 Å². The van der Waals surface area contributed by atoms with Crippen molar-refractivity contribution in [1.82, 2.24) is 10.8 Å². The Kier molecular flexibility index (Phi) is 6.96. The smallest absolute Gasteiger partial charge is 0.306 e. The molecule has 0 aromatic rings. The number of aliphatic carboxylic acids is 1. The van der Waals surface area contributed by atoms with E-state index in [9.17, 15) is 14.7 Å². The minimum absolute atomic E-state index is 0.00765. The highest BCUT2D eigenvalue weighted by Gasteiger charge is 2.64. The molecule has 0 bridgehead atoms. The second-order valence-corrected chi connectivity index (χ2v) is 13.8. The molecule has 202 valence electrons. The maximum Gasteiger partial charge on any atom is 0.306 e. The Hall–Kier alpha value is -1.24. The average Bonchev–Trinajstić information content (AvgIpc) is 2.82. The maximum atomic E-state index is 14.1. The monoisotopic (exact) mass is 500 g/mol. The number of carbonyl (C=O) groups is 2. The van der Waals surface area contributed by atoms with Crippen molar-refractivity contribution in [2.45, 2.75) is 91.5 Å². The van der Waals surface area contributed by atoms with Crippen molar-refractivity contribution in [3.05, 3.63) is 11.6 Å². The van der Waals surface area contributed by atoms with Gasteiger partial charge in [0, 0.05) is 25.0 Å². The van der Waals surface area contributed by atoms with Gasteiger partial charge < -0.3 is 15.3 Å². The van der Waals surface area contributed by atoms with Gasteiger partial charge in [-0.2, -0.15) is 0 Å². The second kappa shape index (κ2) is 9.50. The van der Waals surface area contributed by atoms with Crippen LogP contribution >= 0.6 is 0 Å². The third-order valence-electron chi connectivity index (χ3n) is 12.2. The SMILES string of the molecule is CONCCNC1CCC2(C)C(CCC3(C)C4CCC5(C)CCC(C(=O)O)CC5C4=CC(=O)C32)C1C. The highest BCUT2D eigenvalue weighted by atomic mass is 16.6. The Morgan fingerprint density at radius 2 is 1.75 bits per heavy atom. The highest BCUT2D eigenvalue weighted by molar-refractivity contribution is 5.95. The first kappa shape index (κ1) is 26.4. The summed E-state index contributed by atoms with van der Waals surface area (Å²) in [5.41, 5.74) is 4.43. The zero-order valence-electron chi connectivity index (χ0n) is 23.1. The quantitative estimate of drug-likeness (QED) is 0.352. The summed E-state index contributed by atoms with van der Waals surface area (Å²) >= 11 is 0. The van der Waals surface area contributed by atoms with Gasteiger partial charge in [-0.3, -0.25) is 9.59 Å². The molecule has 0 amide bonds. The number of carbonyl (C=O) groups excluding carboxylic acids is 1. The highest BCUT2D eigenvalue weighted by Crippen LogP contribution is 2.69. The van der Waals surface area contributed by atoms with Crippen LogP contribution in [-0.2, 0) is 14.4 Å². The van der Waals surface area contributed by atoms with E-state index >= 15 is 0 Å². The molecule has 10 atom stereocenters. The predicted octanol–water partition coefficient (Wildman–Crippen LogP) is 4.99. The summed E-state index contributed by atoms with van der Waals surface area (Å²) in [7, 11) is 1.65. The molecule has 3 N–H and O–H groups in total. The van der Waals surface area contributed by atoms with Gasteiger partial charge in [0.1, 0.15) is 0 Å². The summed E-state index contributed by atoms with van der Waals surface area (Å²) in [4.78, 5) is 31.0. The standard InChI is InChI=1S/C30H48N2O4/c1-18-21-8-12-30(4)22-7-11-28(2)10-6-19(27(34)35)16-23(28)20(22)17-25(33)26(30)29(21,3)13-9-24(18)31-14-15-32-36-5/h17-19,21-24,26,31-32H,6-16H2,1-5H3,(H,34,35). The summed E-state index contributed by atoms with van der Waals surface area (Å²) in [6.45, 7) is 11.3.